The van der Waals surface area contributed by atoms with Crippen LogP contribution in [0.4, 0.5) is 0 Å². The molecule has 4 heteroatoms. The van der Waals surface area contributed by atoms with Gasteiger partial charge in [0, 0.05) is 17.1 Å². The maximum Gasteiger partial charge on any atom is 0.150 e. The van der Waals surface area contributed by atoms with Crippen molar-refractivity contribution in [3.8, 4) is 0 Å². The van der Waals surface area contributed by atoms with Crippen molar-refractivity contribution in [3.05, 3.63) is 60.0 Å². The number of rotatable bonds is 3. The Morgan fingerprint density at radius 1 is 1.22 bits per heavy atom. The number of benzene rings is 1. The monoisotopic (exact) mass is 237 g/mol. The van der Waals surface area contributed by atoms with E-state index in [2.05, 4.69) is 10.1 Å². The lowest BCUT2D eigenvalue weighted by Gasteiger charge is -2.02. The number of hydrogen-bond donors (Lipinski definition) is 0. The van der Waals surface area contributed by atoms with Crippen molar-refractivity contribution in [1.82, 2.24) is 14.8 Å². The molecule has 3 rings (SSSR count). The normalized spacial score (nSPS) is 10.7. The first kappa shape index (κ1) is 10.7. The highest BCUT2D eigenvalue weighted by atomic mass is 16.1. The van der Waals surface area contributed by atoms with Gasteiger partial charge in [0.2, 0.25) is 0 Å². The number of pyridine rings is 1. The second-order valence-electron chi connectivity index (χ2n) is 4.06. The van der Waals surface area contributed by atoms with Gasteiger partial charge in [-0.25, -0.2) is 0 Å². The van der Waals surface area contributed by atoms with E-state index in [0.717, 1.165) is 22.9 Å². The average Bonchev–Trinajstić information content (AvgIpc) is 2.82. The predicted molar refractivity (Wildman–Crippen MR) is 68.5 cm³/mol. The van der Waals surface area contributed by atoms with Crippen LogP contribution in [0.5, 0.6) is 0 Å². The minimum atomic E-state index is 0.630. The first-order valence-corrected chi connectivity index (χ1v) is 5.67. The smallest absolute Gasteiger partial charge is 0.150 e. The Morgan fingerprint density at radius 2 is 2.17 bits per heavy atom. The zero-order valence-corrected chi connectivity index (χ0v) is 9.65. The van der Waals surface area contributed by atoms with Crippen LogP contribution < -0.4 is 0 Å². The summed E-state index contributed by atoms with van der Waals surface area (Å²) in [6.07, 6.45) is 4.38. The molecule has 88 valence electrons. The summed E-state index contributed by atoms with van der Waals surface area (Å²) in [5.74, 6) is 0. The largest absolute Gasteiger partial charge is 0.298 e. The van der Waals surface area contributed by atoms with Crippen LogP contribution in [0.25, 0.3) is 10.9 Å². The van der Waals surface area contributed by atoms with Gasteiger partial charge in [-0.3, -0.25) is 14.5 Å². The second kappa shape index (κ2) is 4.41. The zero-order valence-electron chi connectivity index (χ0n) is 9.65. The summed E-state index contributed by atoms with van der Waals surface area (Å²) in [4.78, 5) is 15.0. The standard InChI is InChI=1S/C14H11N3O/c18-10-11-4-5-14-12(7-11)8-16-17(14)9-13-3-1-2-6-15-13/h1-8,10H,9H2. The number of fused-ring (bicyclic) bond motifs is 1. The minimum absolute atomic E-state index is 0.630. The van der Waals surface area contributed by atoms with Crippen LogP contribution in [0.1, 0.15) is 16.1 Å². The third-order valence-corrected chi connectivity index (χ3v) is 2.84. The average molecular weight is 237 g/mol. The Kier molecular flexibility index (Phi) is 2.61. The third kappa shape index (κ3) is 1.88. The minimum Gasteiger partial charge on any atom is -0.298 e. The van der Waals surface area contributed by atoms with E-state index in [-0.39, 0.29) is 0 Å². The number of carbonyl (C=O) groups is 1. The molecule has 0 atom stereocenters. The van der Waals surface area contributed by atoms with Crippen molar-refractivity contribution >= 4 is 17.2 Å². The van der Waals surface area contributed by atoms with Gasteiger partial charge < -0.3 is 0 Å². The fourth-order valence-corrected chi connectivity index (χ4v) is 1.95. The lowest BCUT2D eigenvalue weighted by Crippen LogP contribution is -2.02. The molecule has 0 bridgehead atoms. The molecule has 3 aromatic rings. The molecule has 0 radical (unpaired) electrons. The van der Waals surface area contributed by atoms with E-state index in [0.29, 0.717) is 12.1 Å². The Balaban J connectivity index is 2.00. The van der Waals surface area contributed by atoms with E-state index in [4.69, 9.17) is 0 Å². The van der Waals surface area contributed by atoms with Gasteiger partial charge in [-0.2, -0.15) is 5.10 Å². The predicted octanol–water partition coefficient (Wildman–Crippen LogP) is 2.29. The molecule has 2 heterocycles. The quantitative estimate of drug-likeness (QED) is 0.657. The van der Waals surface area contributed by atoms with Crippen molar-refractivity contribution < 1.29 is 4.79 Å². The fraction of sp³-hybridized carbons (Fsp3) is 0.0714. The number of carbonyl (C=O) groups excluding carboxylic acids is 1. The summed E-state index contributed by atoms with van der Waals surface area (Å²) in [5, 5.41) is 5.29. The molecular formula is C14H11N3O. The molecule has 0 spiro atoms. The molecule has 0 amide bonds. The topological polar surface area (TPSA) is 47.8 Å². The number of aldehydes is 1. The van der Waals surface area contributed by atoms with Gasteiger partial charge in [-0.1, -0.05) is 6.07 Å². The molecule has 4 nitrogen and oxygen atoms in total. The summed E-state index contributed by atoms with van der Waals surface area (Å²) in [6.45, 7) is 0.630. The van der Waals surface area contributed by atoms with Crippen LogP contribution in [0.2, 0.25) is 0 Å². The van der Waals surface area contributed by atoms with Crippen molar-refractivity contribution in [1.29, 1.82) is 0 Å². The maximum atomic E-state index is 10.7. The lowest BCUT2D eigenvalue weighted by atomic mass is 10.2. The van der Waals surface area contributed by atoms with E-state index in [1.165, 1.54) is 0 Å². The zero-order chi connectivity index (χ0) is 12.4. The van der Waals surface area contributed by atoms with Gasteiger partial charge in [-0.15, -0.1) is 0 Å². The molecule has 0 aliphatic heterocycles. The highest BCUT2D eigenvalue weighted by molar-refractivity contribution is 5.86. The van der Waals surface area contributed by atoms with Crippen LogP contribution >= 0.6 is 0 Å². The van der Waals surface area contributed by atoms with Crippen molar-refractivity contribution in [3.63, 3.8) is 0 Å². The molecule has 0 aliphatic carbocycles. The molecule has 0 saturated heterocycles. The van der Waals surface area contributed by atoms with E-state index in [1.54, 1.807) is 18.5 Å². The molecule has 0 aliphatic rings. The summed E-state index contributed by atoms with van der Waals surface area (Å²) in [5.41, 5.74) is 2.63. The summed E-state index contributed by atoms with van der Waals surface area (Å²) < 4.78 is 1.88. The summed E-state index contributed by atoms with van der Waals surface area (Å²) in [7, 11) is 0. The number of hydrogen-bond acceptors (Lipinski definition) is 3. The van der Waals surface area contributed by atoms with E-state index < -0.39 is 0 Å². The van der Waals surface area contributed by atoms with E-state index in [9.17, 15) is 4.79 Å². The first-order valence-electron chi connectivity index (χ1n) is 5.67. The maximum absolute atomic E-state index is 10.7. The second-order valence-corrected chi connectivity index (χ2v) is 4.06. The summed E-state index contributed by atoms with van der Waals surface area (Å²) in [6, 6.07) is 11.4. The van der Waals surface area contributed by atoms with Gasteiger partial charge in [0.25, 0.3) is 0 Å². The van der Waals surface area contributed by atoms with Gasteiger partial charge >= 0.3 is 0 Å². The van der Waals surface area contributed by atoms with Crippen LogP contribution in [0.15, 0.2) is 48.8 Å². The van der Waals surface area contributed by atoms with Gasteiger partial charge in [0.1, 0.15) is 6.29 Å². The third-order valence-electron chi connectivity index (χ3n) is 2.84. The highest BCUT2D eigenvalue weighted by Crippen LogP contribution is 2.15. The van der Waals surface area contributed by atoms with Crippen molar-refractivity contribution in [2.45, 2.75) is 6.54 Å². The van der Waals surface area contributed by atoms with Crippen LogP contribution in [0, 0.1) is 0 Å². The lowest BCUT2D eigenvalue weighted by molar-refractivity contribution is 0.112. The van der Waals surface area contributed by atoms with Crippen LogP contribution in [-0.4, -0.2) is 21.1 Å². The Labute approximate surface area is 104 Å². The van der Waals surface area contributed by atoms with Gasteiger partial charge in [0.05, 0.1) is 24.0 Å². The molecular weight excluding hydrogens is 226 g/mol. The van der Waals surface area contributed by atoms with E-state index >= 15 is 0 Å². The number of nitrogens with zero attached hydrogens (tertiary/aromatic N) is 3. The molecule has 0 saturated carbocycles. The first-order chi connectivity index (χ1) is 8.86. The molecule has 18 heavy (non-hydrogen) atoms. The molecule has 1 aromatic carbocycles. The van der Waals surface area contributed by atoms with Crippen molar-refractivity contribution in [2.75, 3.05) is 0 Å². The Hall–Kier alpha value is -2.49. The fourth-order valence-electron chi connectivity index (χ4n) is 1.95. The Bertz CT molecular complexity index is 689. The molecule has 0 N–H and O–H groups in total. The van der Waals surface area contributed by atoms with Crippen LogP contribution in [-0.2, 0) is 6.54 Å². The molecule has 2 aromatic heterocycles. The van der Waals surface area contributed by atoms with Gasteiger partial charge in [-0.05, 0) is 30.3 Å². The van der Waals surface area contributed by atoms with Crippen molar-refractivity contribution in [2.24, 2.45) is 0 Å². The molecule has 0 unspecified atom stereocenters. The highest BCUT2D eigenvalue weighted by Gasteiger charge is 2.04. The van der Waals surface area contributed by atoms with E-state index in [1.807, 2.05) is 35.0 Å². The summed E-state index contributed by atoms with van der Waals surface area (Å²) >= 11 is 0. The SMILES string of the molecule is O=Cc1ccc2c(cnn2Cc2ccccn2)c1. The Morgan fingerprint density at radius 3 is 2.94 bits per heavy atom. The van der Waals surface area contributed by atoms with Crippen LogP contribution in [0.3, 0.4) is 0 Å². The number of aromatic nitrogens is 3. The molecule has 0 fully saturated rings. The van der Waals surface area contributed by atoms with Gasteiger partial charge in [0.15, 0.2) is 0 Å².